The summed E-state index contributed by atoms with van der Waals surface area (Å²) in [5.74, 6) is -0.868. The minimum absolute atomic E-state index is 0.276. The van der Waals surface area contributed by atoms with Crippen molar-refractivity contribution in [2.75, 3.05) is 24.6 Å². The van der Waals surface area contributed by atoms with Crippen LogP contribution in [-0.2, 0) is 4.74 Å². The van der Waals surface area contributed by atoms with Crippen molar-refractivity contribution in [3.05, 3.63) is 29.3 Å². The molecule has 1 aliphatic rings. The first-order chi connectivity index (χ1) is 8.61. The lowest BCUT2D eigenvalue weighted by Gasteiger charge is -2.34. The van der Waals surface area contributed by atoms with Crippen LogP contribution in [0.3, 0.4) is 0 Å². The molecule has 0 aliphatic carbocycles. The van der Waals surface area contributed by atoms with E-state index in [0.717, 1.165) is 37.4 Å². The van der Waals surface area contributed by atoms with E-state index in [1.165, 1.54) is 0 Å². The van der Waals surface area contributed by atoms with Crippen LogP contribution in [0.25, 0.3) is 0 Å². The molecule has 0 spiro atoms. The third-order valence-corrected chi connectivity index (χ3v) is 3.40. The van der Waals surface area contributed by atoms with Crippen LogP contribution in [-0.4, -0.2) is 36.9 Å². The average molecular weight is 249 g/mol. The fraction of sp³-hybridized carbons (Fsp3) is 0.500. The Kier molecular flexibility index (Phi) is 3.87. The molecular formula is C14H19NO3. The monoisotopic (exact) mass is 249 g/mol. The fourth-order valence-corrected chi connectivity index (χ4v) is 2.29. The number of carbonyl (C=O) groups is 1. The summed E-state index contributed by atoms with van der Waals surface area (Å²) in [5.41, 5.74) is 2.26. The number of hydrogen-bond donors (Lipinski definition) is 1. The number of aryl methyl sites for hydroxylation is 1. The molecule has 1 aliphatic heterocycles. The van der Waals surface area contributed by atoms with Gasteiger partial charge in [-0.15, -0.1) is 0 Å². The van der Waals surface area contributed by atoms with E-state index in [2.05, 4.69) is 11.8 Å². The number of aromatic carboxylic acids is 1. The van der Waals surface area contributed by atoms with Crippen molar-refractivity contribution in [1.29, 1.82) is 0 Å². The van der Waals surface area contributed by atoms with Crippen molar-refractivity contribution in [2.45, 2.75) is 26.4 Å². The number of carboxylic acids is 1. The maximum absolute atomic E-state index is 11.0. The summed E-state index contributed by atoms with van der Waals surface area (Å²) in [4.78, 5) is 13.2. The van der Waals surface area contributed by atoms with Crippen LogP contribution in [0.1, 0.15) is 29.3 Å². The van der Waals surface area contributed by atoms with Gasteiger partial charge in [-0.25, -0.2) is 4.79 Å². The number of nitrogens with zero attached hydrogens (tertiary/aromatic N) is 1. The van der Waals surface area contributed by atoms with Crippen LogP contribution >= 0.6 is 0 Å². The van der Waals surface area contributed by atoms with E-state index in [1.54, 1.807) is 6.07 Å². The maximum atomic E-state index is 11.0. The molecule has 1 N–H and O–H groups in total. The van der Waals surface area contributed by atoms with Gasteiger partial charge in [0.25, 0.3) is 0 Å². The molecular weight excluding hydrogens is 230 g/mol. The van der Waals surface area contributed by atoms with Gasteiger partial charge in [-0.05, 0) is 37.1 Å². The zero-order valence-electron chi connectivity index (χ0n) is 10.8. The van der Waals surface area contributed by atoms with Gasteiger partial charge >= 0.3 is 5.97 Å². The zero-order chi connectivity index (χ0) is 13.1. The normalized spacial score (nSPS) is 19.9. The number of rotatable bonds is 3. The lowest BCUT2D eigenvalue weighted by atomic mass is 10.1. The molecule has 18 heavy (non-hydrogen) atoms. The molecule has 0 bridgehead atoms. The van der Waals surface area contributed by atoms with E-state index in [0.29, 0.717) is 5.56 Å². The quantitative estimate of drug-likeness (QED) is 0.893. The number of hydrogen-bond acceptors (Lipinski definition) is 3. The molecule has 0 radical (unpaired) electrons. The van der Waals surface area contributed by atoms with Crippen LogP contribution in [0.2, 0.25) is 0 Å². The first kappa shape index (κ1) is 12.9. The van der Waals surface area contributed by atoms with E-state index < -0.39 is 5.97 Å². The highest BCUT2D eigenvalue weighted by Gasteiger charge is 2.20. The fourth-order valence-electron chi connectivity index (χ4n) is 2.29. The first-order valence-corrected chi connectivity index (χ1v) is 6.32. The van der Waals surface area contributed by atoms with E-state index in [9.17, 15) is 4.79 Å². The van der Waals surface area contributed by atoms with E-state index in [-0.39, 0.29) is 6.10 Å². The summed E-state index contributed by atoms with van der Waals surface area (Å²) in [5, 5.41) is 9.01. The Morgan fingerprint density at radius 2 is 2.33 bits per heavy atom. The van der Waals surface area contributed by atoms with Gasteiger partial charge in [-0.1, -0.05) is 6.92 Å². The Morgan fingerprint density at radius 3 is 2.94 bits per heavy atom. The van der Waals surface area contributed by atoms with Gasteiger partial charge in [0.1, 0.15) is 0 Å². The van der Waals surface area contributed by atoms with Crippen molar-refractivity contribution in [1.82, 2.24) is 0 Å². The molecule has 1 saturated heterocycles. The molecule has 98 valence electrons. The van der Waals surface area contributed by atoms with Crippen LogP contribution in [0.4, 0.5) is 5.69 Å². The Bertz CT molecular complexity index is 445. The van der Waals surface area contributed by atoms with Crippen molar-refractivity contribution in [2.24, 2.45) is 0 Å². The van der Waals surface area contributed by atoms with Gasteiger partial charge in [-0.2, -0.15) is 0 Å². The largest absolute Gasteiger partial charge is 0.478 e. The van der Waals surface area contributed by atoms with Crippen LogP contribution in [0.5, 0.6) is 0 Å². The summed E-state index contributed by atoms with van der Waals surface area (Å²) < 4.78 is 5.64. The minimum Gasteiger partial charge on any atom is -0.478 e. The summed E-state index contributed by atoms with van der Waals surface area (Å²) in [6.07, 6.45) is 1.28. The van der Waals surface area contributed by atoms with Gasteiger partial charge in [0.05, 0.1) is 18.3 Å². The summed E-state index contributed by atoms with van der Waals surface area (Å²) >= 11 is 0. The topological polar surface area (TPSA) is 49.8 Å². The third-order valence-electron chi connectivity index (χ3n) is 3.40. The van der Waals surface area contributed by atoms with Crippen LogP contribution in [0, 0.1) is 6.92 Å². The molecule has 1 aromatic carbocycles. The zero-order valence-corrected chi connectivity index (χ0v) is 10.8. The van der Waals surface area contributed by atoms with Crippen molar-refractivity contribution in [3.8, 4) is 0 Å². The van der Waals surface area contributed by atoms with Crippen LogP contribution in [0.15, 0.2) is 18.2 Å². The molecule has 0 amide bonds. The lowest BCUT2D eigenvalue weighted by molar-refractivity contribution is 0.0384. The number of anilines is 1. The SMILES string of the molecule is CCC1CN(c2ccc(C(=O)O)c(C)c2)CCO1. The highest BCUT2D eigenvalue weighted by atomic mass is 16.5. The first-order valence-electron chi connectivity index (χ1n) is 6.32. The molecule has 4 heteroatoms. The predicted octanol–water partition coefficient (Wildman–Crippen LogP) is 2.31. The molecule has 0 aromatic heterocycles. The number of ether oxygens (including phenoxy) is 1. The second-order valence-corrected chi connectivity index (χ2v) is 4.65. The molecule has 1 fully saturated rings. The standard InChI is InChI=1S/C14H19NO3/c1-3-12-9-15(6-7-18-12)11-4-5-13(14(16)17)10(2)8-11/h4-5,8,12H,3,6-7,9H2,1-2H3,(H,16,17). The van der Waals surface area contributed by atoms with Gasteiger partial charge in [0.15, 0.2) is 0 Å². The van der Waals surface area contributed by atoms with Gasteiger partial charge in [0.2, 0.25) is 0 Å². The molecule has 1 atom stereocenters. The molecule has 2 rings (SSSR count). The minimum atomic E-state index is -0.868. The van der Waals surface area contributed by atoms with E-state index in [1.807, 2.05) is 19.1 Å². The summed E-state index contributed by atoms with van der Waals surface area (Å²) in [6.45, 7) is 6.43. The molecule has 1 heterocycles. The van der Waals surface area contributed by atoms with Crippen molar-refractivity contribution < 1.29 is 14.6 Å². The Hall–Kier alpha value is -1.55. The third kappa shape index (κ3) is 2.64. The number of carboxylic acid groups (broad SMARTS) is 1. The second kappa shape index (κ2) is 5.40. The summed E-state index contributed by atoms with van der Waals surface area (Å²) in [7, 11) is 0. The van der Waals surface area contributed by atoms with E-state index >= 15 is 0 Å². The highest BCUT2D eigenvalue weighted by Crippen LogP contribution is 2.22. The second-order valence-electron chi connectivity index (χ2n) is 4.65. The highest BCUT2D eigenvalue weighted by molar-refractivity contribution is 5.89. The molecule has 1 unspecified atom stereocenters. The van der Waals surface area contributed by atoms with Gasteiger partial charge in [-0.3, -0.25) is 0 Å². The van der Waals surface area contributed by atoms with E-state index in [4.69, 9.17) is 9.84 Å². The number of morpholine rings is 1. The Balaban J connectivity index is 2.18. The summed E-state index contributed by atoms with van der Waals surface area (Å²) in [6, 6.07) is 5.51. The molecule has 1 aromatic rings. The van der Waals surface area contributed by atoms with Crippen molar-refractivity contribution in [3.63, 3.8) is 0 Å². The number of benzene rings is 1. The molecule has 0 saturated carbocycles. The lowest BCUT2D eigenvalue weighted by Crippen LogP contribution is -2.42. The predicted molar refractivity (Wildman–Crippen MR) is 70.4 cm³/mol. The van der Waals surface area contributed by atoms with Gasteiger partial charge < -0.3 is 14.7 Å². The Labute approximate surface area is 107 Å². The Morgan fingerprint density at radius 1 is 1.56 bits per heavy atom. The maximum Gasteiger partial charge on any atom is 0.335 e. The smallest absolute Gasteiger partial charge is 0.335 e. The van der Waals surface area contributed by atoms with Crippen LogP contribution < -0.4 is 4.90 Å². The molecule has 4 nitrogen and oxygen atoms in total. The van der Waals surface area contributed by atoms with Gasteiger partial charge in [0, 0.05) is 18.8 Å². The average Bonchev–Trinajstić information content (AvgIpc) is 2.38. The van der Waals surface area contributed by atoms with Crippen molar-refractivity contribution >= 4 is 11.7 Å².